The first-order chi connectivity index (χ1) is 7.24. The van der Waals surface area contributed by atoms with Crippen LogP contribution in [0.25, 0.3) is 0 Å². The maximum Gasteiger partial charge on any atom is 0.124 e. The van der Waals surface area contributed by atoms with E-state index < -0.39 is 0 Å². The molecule has 2 nitrogen and oxygen atoms in total. The number of halogens is 1. The summed E-state index contributed by atoms with van der Waals surface area (Å²) in [6, 6.07) is 4.54. The molecule has 1 aromatic carbocycles. The van der Waals surface area contributed by atoms with E-state index in [1.54, 1.807) is 6.07 Å². The van der Waals surface area contributed by atoms with Crippen molar-refractivity contribution >= 4 is 0 Å². The van der Waals surface area contributed by atoms with Crippen LogP contribution < -0.4 is 10.5 Å². The molecule has 0 bridgehead atoms. The van der Waals surface area contributed by atoms with Crippen LogP contribution in [0.15, 0.2) is 18.2 Å². The first-order valence-electron chi connectivity index (χ1n) is 5.46. The molecule has 0 saturated heterocycles. The van der Waals surface area contributed by atoms with E-state index in [1.807, 2.05) is 0 Å². The van der Waals surface area contributed by atoms with Gasteiger partial charge in [-0.05, 0) is 37.0 Å². The molecule has 2 atom stereocenters. The summed E-state index contributed by atoms with van der Waals surface area (Å²) >= 11 is 0. The van der Waals surface area contributed by atoms with Gasteiger partial charge in [-0.15, -0.1) is 0 Å². The number of ether oxygens (including phenoxy) is 1. The molecule has 3 heteroatoms. The van der Waals surface area contributed by atoms with Gasteiger partial charge in [0.1, 0.15) is 17.7 Å². The Morgan fingerprint density at radius 1 is 1.33 bits per heavy atom. The fourth-order valence-electron chi connectivity index (χ4n) is 2.26. The summed E-state index contributed by atoms with van der Waals surface area (Å²) in [5, 5.41) is 0. The van der Waals surface area contributed by atoms with Gasteiger partial charge in [-0.1, -0.05) is 0 Å². The smallest absolute Gasteiger partial charge is 0.124 e. The highest BCUT2D eigenvalue weighted by molar-refractivity contribution is 5.38. The maximum atomic E-state index is 13.0. The Kier molecular flexibility index (Phi) is 1.96. The third kappa shape index (κ3) is 1.61. The topological polar surface area (TPSA) is 35.2 Å². The predicted molar refractivity (Wildman–Crippen MR) is 55.1 cm³/mol. The van der Waals surface area contributed by atoms with Gasteiger partial charge in [0, 0.05) is 18.0 Å². The fourth-order valence-corrected chi connectivity index (χ4v) is 2.26. The largest absolute Gasteiger partial charge is 0.490 e. The van der Waals surface area contributed by atoms with E-state index in [9.17, 15) is 4.39 Å². The first-order valence-corrected chi connectivity index (χ1v) is 5.46. The van der Waals surface area contributed by atoms with Gasteiger partial charge in [0.25, 0.3) is 0 Å². The molecule has 1 heterocycles. The Balaban J connectivity index is 1.93. The summed E-state index contributed by atoms with van der Waals surface area (Å²) in [6.07, 6.45) is 3.56. The molecule has 0 amide bonds. The van der Waals surface area contributed by atoms with Crippen molar-refractivity contribution in [3.05, 3.63) is 29.6 Å². The van der Waals surface area contributed by atoms with Crippen LogP contribution in [0.4, 0.5) is 4.39 Å². The summed E-state index contributed by atoms with van der Waals surface area (Å²) in [5.41, 5.74) is 6.84. The summed E-state index contributed by atoms with van der Waals surface area (Å²) in [6.45, 7) is 0. The first kappa shape index (κ1) is 9.16. The van der Waals surface area contributed by atoms with Crippen molar-refractivity contribution in [3.63, 3.8) is 0 Å². The Morgan fingerprint density at radius 3 is 2.87 bits per heavy atom. The van der Waals surface area contributed by atoms with Crippen LogP contribution in [-0.2, 0) is 0 Å². The van der Waals surface area contributed by atoms with E-state index in [0.29, 0.717) is 5.92 Å². The van der Waals surface area contributed by atoms with Crippen molar-refractivity contribution in [2.75, 3.05) is 0 Å². The van der Waals surface area contributed by atoms with E-state index in [1.165, 1.54) is 25.0 Å². The third-order valence-electron chi connectivity index (χ3n) is 3.28. The third-order valence-corrected chi connectivity index (χ3v) is 3.28. The van der Waals surface area contributed by atoms with E-state index in [0.717, 1.165) is 17.7 Å². The second-order valence-electron chi connectivity index (χ2n) is 4.52. The van der Waals surface area contributed by atoms with Crippen LogP contribution in [0, 0.1) is 11.7 Å². The molecule has 2 N–H and O–H groups in total. The van der Waals surface area contributed by atoms with Crippen LogP contribution in [0.2, 0.25) is 0 Å². The van der Waals surface area contributed by atoms with Crippen LogP contribution in [0.1, 0.15) is 30.9 Å². The van der Waals surface area contributed by atoms with Gasteiger partial charge in [0.15, 0.2) is 0 Å². The molecule has 1 aliphatic heterocycles. The highest BCUT2D eigenvalue weighted by Gasteiger charge is 2.37. The lowest BCUT2D eigenvalue weighted by Gasteiger charge is -2.30. The standard InChI is InChI=1S/C12H14FNO/c13-8-3-4-11-9(5-8)10(14)6-12(15-11)7-1-2-7/h3-5,7,10,12H,1-2,6,14H2. The molecule has 0 spiro atoms. The van der Waals surface area contributed by atoms with Gasteiger partial charge in [-0.3, -0.25) is 0 Å². The van der Waals surface area contributed by atoms with Gasteiger partial charge in [0.05, 0.1) is 0 Å². The molecular formula is C12H14FNO. The van der Waals surface area contributed by atoms with Crippen LogP contribution in [0.3, 0.4) is 0 Å². The van der Waals surface area contributed by atoms with Crippen LogP contribution in [0.5, 0.6) is 5.75 Å². The molecule has 2 unspecified atom stereocenters. The summed E-state index contributed by atoms with van der Waals surface area (Å²) in [4.78, 5) is 0. The summed E-state index contributed by atoms with van der Waals surface area (Å²) in [5.74, 6) is 1.21. The van der Waals surface area contributed by atoms with Crippen molar-refractivity contribution in [2.45, 2.75) is 31.4 Å². The molecule has 0 radical (unpaired) electrons. The monoisotopic (exact) mass is 207 g/mol. The highest BCUT2D eigenvalue weighted by Crippen LogP contribution is 2.43. The molecule has 1 aromatic rings. The number of nitrogens with two attached hydrogens (primary N) is 1. The average Bonchev–Trinajstić information content (AvgIpc) is 3.02. The van der Waals surface area contributed by atoms with Crippen LogP contribution in [-0.4, -0.2) is 6.10 Å². The quantitative estimate of drug-likeness (QED) is 0.767. The molecule has 2 aliphatic rings. The normalized spacial score (nSPS) is 29.5. The highest BCUT2D eigenvalue weighted by atomic mass is 19.1. The number of rotatable bonds is 1. The number of hydrogen-bond acceptors (Lipinski definition) is 2. The lowest BCUT2D eigenvalue weighted by Crippen LogP contribution is -2.31. The lowest BCUT2D eigenvalue weighted by molar-refractivity contribution is 0.138. The second-order valence-corrected chi connectivity index (χ2v) is 4.52. The summed E-state index contributed by atoms with van der Waals surface area (Å²) in [7, 11) is 0. The molecule has 3 rings (SSSR count). The molecule has 80 valence electrons. The van der Waals surface area contributed by atoms with Crippen molar-refractivity contribution in [1.82, 2.24) is 0 Å². The molecule has 1 aliphatic carbocycles. The van der Waals surface area contributed by atoms with Crippen molar-refractivity contribution in [3.8, 4) is 5.75 Å². The lowest BCUT2D eigenvalue weighted by atomic mass is 9.95. The van der Waals surface area contributed by atoms with E-state index in [-0.39, 0.29) is 18.0 Å². The number of benzene rings is 1. The second kappa shape index (κ2) is 3.20. The SMILES string of the molecule is NC1CC(C2CC2)Oc2ccc(F)cc21. The van der Waals surface area contributed by atoms with Crippen molar-refractivity contribution < 1.29 is 9.13 Å². The maximum absolute atomic E-state index is 13.0. The van der Waals surface area contributed by atoms with Gasteiger partial charge in [-0.2, -0.15) is 0 Å². The van der Waals surface area contributed by atoms with Gasteiger partial charge in [0.2, 0.25) is 0 Å². The van der Waals surface area contributed by atoms with E-state index in [2.05, 4.69) is 0 Å². The van der Waals surface area contributed by atoms with E-state index in [4.69, 9.17) is 10.5 Å². The van der Waals surface area contributed by atoms with Gasteiger partial charge in [-0.25, -0.2) is 4.39 Å². The molecular weight excluding hydrogens is 193 g/mol. The predicted octanol–water partition coefficient (Wildman–Crippen LogP) is 2.39. The van der Waals surface area contributed by atoms with Crippen molar-refractivity contribution in [1.29, 1.82) is 0 Å². The number of hydrogen-bond donors (Lipinski definition) is 1. The van der Waals surface area contributed by atoms with Gasteiger partial charge < -0.3 is 10.5 Å². The fraction of sp³-hybridized carbons (Fsp3) is 0.500. The van der Waals surface area contributed by atoms with Gasteiger partial charge >= 0.3 is 0 Å². The minimum Gasteiger partial charge on any atom is -0.490 e. The summed E-state index contributed by atoms with van der Waals surface area (Å²) < 4.78 is 18.9. The Labute approximate surface area is 88.2 Å². The Hall–Kier alpha value is -1.09. The molecule has 1 saturated carbocycles. The zero-order valence-electron chi connectivity index (χ0n) is 8.45. The number of fused-ring (bicyclic) bond motifs is 1. The Morgan fingerprint density at radius 2 is 2.13 bits per heavy atom. The average molecular weight is 207 g/mol. The zero-order chi connectivity index (χ0) is 10.4. The van der Waals surface area contributed by atoms with Crippen LogP contribution >= 0.6 is 0 Å². The molecule has 15 heavy (non-hydrogen) atoms. The molecule has 0 aromatic heterocycles. The zero-order valence-corrected chi connectivity index (χ0v) is 8.45. The minimum atomic E-state index is -0.238. The van der Waals surface area contributed by atoms with E-state index >= 15 is 0 Å². The van der Waals surface area contributed by atoms with Crippen molar-refractivity contribution in [2.24, 2.45) is 11.7 Å². The minimum absolute atomic E-state index is 0.0740. The Bertz CT molecular complexity index is 389. The molecule has 1 fully saturated rings.